The molecule has 0 aliphatic carbocycles. The van der Waals surface area contributed by atoms with E-state index >= 15 is 0 Å². The summed E-state index contributed by atoms with van der Waals surface area (Å²) < 4.78 is 25.0. The normalized spacial score (nSPS) is 10.7. The van der Waals surface area contributed by atoms with Crippen LogP contribution in [0.2, 0.25) is 0 Å². The van der Waals surface area contributed by atoms with Gasteiger partial charge in [-0.15, -0.1) is 5.73 Å². The number of carbonyl (C=O) groups is 1. The lowest BCUT2D eigenvalue weighted by atomic mass is 10.2. The summed E-state index contributed by atoms with van der Waals surface area (Å²) in [5.41, 5.74) is 3.10. The van der Waals surface area contributed by atoms with Crippen molar-refractivity contribution in [2.45, 2.75) is 17.7 Å². The molecule has 24 heavy (non-hydrogen) atoms. The Hall–Kier alpha value is -2.62. The molecule has 0 aromatic heterocycles. The topological polar surface area (TPSA) is 63.2 Å². The second-order valence-electron chi connectivity index (χ2n) is 5.14. The second-order valence-corrected chi connectivity index (χ2v) is 7.11. The van der Waals surface area contributed by atoms with E-state index in [9.17, 15) is 13.2 Å². The smallest absolute Gasteiger partial charge is 0.251 e. The first kappa shape index (κ1) is 17.7. The summed E-state index contributed by atoms with van der Waals surface area (Å²) in [5.74, 6) is -0.175. The van der Waals surface area contributed by atoms with E-state index < -0.39 is 9.84 Å². The Bertz CT molecular complexity index is 837. The fourth-order valence-corrected chi connectivity index (χ4v) is 3.61. The lowest BCUT2D eigenvalue weighted by Gasteiger charge is -2.08. The maximum atomic E-state index is 12.5. The standard InChI is InChI=1S/C19H19NO3S/c1-2-17(24(22,23)18-12-7-4-8-13-18)14-9-15-20-19(21)16-10-5-3-6-11-16/h3-8,10-13H,1,9,14-15H2,(H,20,21). The number of benzene rings is 2. The molecule has 0 atom stereocenters. The molecule has 0 spiro atoms. The third kappa shape index (κ3) is 4.44. The Labute approximate surface area is 142 Å². The zero-order valence-corrected chi connectivity index (χ0v) is 14.1. The van der Waals surface area contributed by atoms with Gasteiger partial charge in [-0.2, -0.15) is 0 Å². The summed E-state index contributed by atoms with van der Waals surface area (Å²) in [6.45, 7) is 3.86. The number of sulfone groups is 1. The Morgan fingerprint density at radius 3 is 2.17 bits per heavy atom. The van der Waals surface area contributed by atoms with E-state index in [0.29, 0.717) is 18.5 Å². The molecule has 5 heteroatoms. The predicted molar refractivity (Wildman–Crippen MR) is 94.3 cm³/mol. The zero-order valence-electron chi connectivity index (χ0n) is 13.2. The molecular weight excluding hydrogens is 322 g/mol. The van der Waals surface area contributed by atoms with Gasteiger partial charge in [0.1, 0.15) is 0 Å². The number of rotatable bonds is 7. The van der Waals surface area contributed by atoms with E-state index in [-0.39, 0.29) is 22.1 Å². The lowest BCUT2D eigenvalue weighted by molar-refractivity contribution is 0.0953. The minimum atomic E-state index is -3.57. The van der Waals surface area contributed by atoms with Crippen molar-refractivity contribution in [1.29, 1.82) is 0 Å². The van der Waals surface area contributed by atoms with E-state index in [1.165, 1.54) is 0 Å². The summed E-state index contributed by atoms with van der Waals surface area (Å²) in [7, 11) is -3.57. The highest BCUT2D eigenvalue weighted by molar-refractivity contribution is 7.95. The van der Waals surface area contributed by atoms with E-state index in [1.807, 2.05) is 6.07 Å². The highest BCUT2D eigenvalue weighted by atomic mass is 32.2. The first-order chi connectivity index (χ1) is 11.6. The average Bonchev–Trinajstić information content (AvgIpc) is 2.62. The van der Waals surface area contributed by atoms with E-state index in [1.54, 1.807) is 54.6 Å². The van der Waals surface area contributed by atoms with Crippen molar-refractivity contribution in [3.8, 4) is 0 Å². The van der Waals surface area contributed by atoms with Crippen LogP contribution in [-0.4, -0.2) is 20.9 Å². The van der Waals surface area contributed by atoms with Gasteiger partial charge in [0.2, 0.25) is 9.84 Å². The molecule has 2 aromatic carbocycles. The number of nitrogens with one attached hydrogen (secondary N) is 1. The summed E-state index contributed by atoms with van der Waals surface area (Å²) in [6.07, 6.45) is 0.762. The summed E-state index contributed by atoms with van der Waals surface area (Å²) >= 11 is 0. The highest BCUT2D eigenvalue weighted by Gasteiger charge is 2.19. The van der Waals surface area contributed by atoms with Crippen LogP contribution < -0.4 is 5.32 Å². The second kappa shape index (κ2) is 8.29. The molecule has 2 aromatic rings. The summed E-state index contributed by atoms with van der Waals surface area (Å²) in [5, 5.41) is 2.77. The number of hydrogen-bond donors (Lipinski definition) is 1. The molecule has 1 N–H and O–H groups in total. The maximum Gasteiger partial charge on any atom is 0.251 e. The molecule has 0 bridgehead atoms. The van der Waals surface area contributed by atoms with Crippen molar-refractivity contribution in [2.24, 2.45) is 0 Å². The van der Waals surface area contributed by atoms with Crippen LogP contribution in [0.5, 0.6) is 0 Å². The van der Waals surface area contributed by atoms with Gasteiger partial charge in [0.25, 0.3) is 5.91 Å². The Morgan fingerprint density at radius 1 is 1.00 bits per heavy atom. The monoisotopic (exact) mass is 341 g/mol. The highest BCUT2D eigenvalue weighted by Crippen LogP contribution is 2.21. The number of allylic oxidation sites excluding steroid dienone is 1. The Morgan fingerprint density at radius 2 is 1.58 bits per heavy atom. The van der Waals surface area contributed by atoms with Crippen molar-refractivity contribution in [2.75, 3.05) is 6.54 Å². The van der Waals surface area contributed by atoms with Gasteiger partial charge in [-0.05, 0) is 37.1 Å². The van der Waals surface area contributed by atoms with Gasteiger partial charge in [-0.3, -0.25) is 4.79 Å². The maximum absolute atomic E-state index is 12.5. The van der Waals surface area contributed by atoms with E-state index in [0.717, 1.165) is 0 Å². The first-order valence-electron chi connectivity index (χ1n) is 7.58. The molecule has 1 amide bonds. The van der Waals surface area contributed by atoms with Crippen molar-refractivity contribution >= 4 is 15.7 Å². The van der Waals surface area contributed by atoms with Crippen LogP contribution in [-0.2, 0) is 9.84 Å². The van der Waals surface area contributed by atoms with Crippen molar-refractivity contribution in [1.82, 2.24) is 5.32 Å². The van der Waals surface area contributed by atoms with Gasteiger partial charge in [-0.25, -0.2) is 8.42 Å². The molecule has 0 saturated carbocycles. The lowest BCUT2D eigenvalue weighted by Crippen LogP contribution is -2.24. The van der Waals surface area contributed by atoms with Crippen molar-refractivity contribution in [3.05, 3.63) is 83.4 Å². The quantitative estimate of drug-likeness (QED) is 0.620. The molecular formula is C19H19NO3S. The van der Waals surface area contributed by atoms with Crippen LogP contribution in [0.25, 0.3) is 0 Å². The Kier molecular flexibility index (Phi) is 6.13. The molecule has 124 valence electrons. The fourth-order valence-electron chi connectivity index (χ4n) is 2.20. The van der Waals surface area contributed by atoms with Crippen LogP contribution in [0.4, 0.5) is 0 Å². The summed E-state index contributed by atoms with van der Waals surface area (Å²) in [4.78, 5) is 12.3. The largest absolute Gasteiger partial charge is 0.352 e. The molecule has 0 radical (unpaired) electrons. The molecule has 0 aliphatic heterocycles. The zero-order chi connectivity index (χ0) is 17.4. The van der Waals surface area contributed by atoms with Crippen LogP contribution in [0.15, 0.2) is 82.8 Å². The average molecular weight is 341 g/mol. The van der Waals surface area contributed by atoms with E-state index in [2.05, 4.69) is 17.6 Å². The van der Waals surface area contributed by atoms with Crippen molar-refractivity contribution in [3.63, 3.8) is 0 Å². The molecule has 0 heterocycles. The van der Waals surface area contributed by atoms with E-state index in [4.69, 9.17) is 0 Å². The molecule has 2 rings (SSSR count). The molecule has 0 aliphatic rings. The van der Waals surface area contributed by atoms with Gasteiger partial charge < -0.3 is 5.32 Å². The van der Waals surface area contributed by atoms with Gasteiger partial charge in [0.05, 0.1) is 9.80 Å². The molecule has 0 fully saturated rings. The predicted octanol–water partition coefficient (Wildman–Crippen LogP) is 3.34. The number of hydrogen-bond acceptors (Lipinski definition) is 3. The Balaban J connectivity index is 1.91. The van der Waals surface area contributed by atoms with Crippen LogP contribution in [0, 0.1) is 0 Å². The number of amides is 1. The van der Waals surface area contributed by atoms with Gasteiger partial charge in [0, 0.05) is 12.1 Å². The fraction of sp³-hybridized carbons (Fsp3) is 0.158. The third-order valence-electron chi connectivity index (χ3n) is 3.48. The summed E-state index contributed by atoms with van der Waals surface area (Å²) in [6, 6.07) is 17.1. The van der Waals surface area contributed by atoms with Gasteiger partial charge >= 0.3 is 0 Å². The first-order valence-corrected chi connectivity index (χ1v) is 9.06. The minimum Gasteiger partial charge on any atom is -0.352 e. The van der Waals surface area contributed by atoms with Gasteiger partial charge in [-0.1, -0.05) is 43.0 Å². The van der Waals surface area contributed by atoms with Crippen LogP contribution in [0.1, 0.15) is 23.2 Å². The molecule has 0 unspecified atom stereocenters. The van der Waals surface area contributed by atoms with Gasteiger partial charge in [0.15, 0.2) is 0 Å². The van der Waals surface area contributed by atoms with Crippen LogP contribution in [0.3, 0.4) is 0 Å². The van der Waals surface area contributed by atoms with Crippen molar-refractivity contribution < 1.29 is 13.2 Å². The minimum absolute atomic E-state index is 0.141. The van der Waals surface area contributed by atoms with Crippen LogP contribution >= 0.6 is 0 Å². The molecule has 0 saturated heterocycles. The number of carbonyl (C=O) groups excluding carboxylic acids is 1. The third-order valence-corrected chi connectivity index (χ3v) is 5.37. The molecule has 4 nitrogen and oxygen atoms in total. The SMILES string of the molecule is C=C=C(CCCNC(=O)c1ccccc1)S(=O)(=O)c1ccccc1.